The average Bonchev–Trinajstić information content (AvgIpc) is 1.95. The third-order valence-corrected chi connectivity index (χ3v) is 2.40. The molecule has 1 heterocycles. The lowest BCUT2D eigenvalue weighted by molar-refractivity contribution is -0.135. The van der Waals surface area contributed by atoms with E-state index in [2.05, 4.69) is 5.32 Å². The van der Waals surface area contributed by atoms with E-state index in [9.17, 15) is 4.79 Å². The Morgan fingerprint density at radius 2 is 2.08 bits per heavy atom. The van der Waals surface area contributed by atoms with Gasteiger partial charge in [-0.1, -0.05) is 6.92 Å². The summed E-state index contributed by atoms with van der Waals surface area (Å²) in [6, 6.07) is 0. The van der Waals surface area contributed by atoms with Crippen LogP contribution in [0.25, 0.3) is 0 Å². The van der Waals surface area contributed by atoms with Gasteiger partial charge in [-0.15, -0.1) is 0 Å². The van der Waals surface area contributed by atoms with Crippen molar-refractivity contribution in [2.45, 2.75) is 33.2 Å². The number of rotatable bonds is 0. The van der Waals surface area contributed by atoms with Crippen molar-refractivity contribution in [3.8, 4) is 0 Å². The smallest absolute Gasteiger partial charge is 0.233 e. The molecule has 1 aliphatic rings. The molecule has 0 aromatic rings. The highest BCUT2D eigenvalue weighted by molar-refractivity contribution is 7.80. The van der Waals surface area contributed by atoms with E-state index in [1.165, 1.54) is 0 Å². The third kappa shape index (κ3) is 1.99. The van der Waals surface area contributed by atoms with Gasteiger partial charge in [-0.3, -0.25) is 9.69 Å². The lowest BCUT2D eigenvalue weighted by atomic mass is 10.0. The highest BCUT2D eigenvalue weighted by atomic mass is 32.1. The molecule has 13 heavy (non-hydrogen) atoms. The number of carbonyl (C=O) groups is 1. The fourth-order valence-corrected chi connectivity index (χ4v) is 1.81. The summed E-state index contributed by atoms with van der Waals surface area (Å²) < 4.78 is 0. The average molecular weight is 200 g/mol. The van der Waals surface area contributed by atoms with Crippen LogP contribution >= 0.6 is 12.2 Å². The van der Waals surface area contributed by atoms with E-state index in [0.717, 1.165) is 0 Å². The van der Waals surface area contributed by atoms with Gasteiger partial charge < -0.3 is 5.32 Å². The lowest BCUT2D eigenvalue weighted by Crippen LogP contribution is -2.60. The molecule has 1 saturated heterocycles. The summed E-state index contributed by atoms with van der Waals surface area (Å²) in [4.78, 5) is 13.4. The fourth-order valence-electron chi connectivity index (χ4n) is 1.36. The second kappa shape index (κ2) is 3.25. The SMILES string of the molecule is CC1CNC(=S)N(C(C)(C)C)C1=O. The normalized spacial score (nSPS) is 24.6. The van der Waals surface area contributed by atoms with Gasteiger partial charge in [0.15, 0.2) is 5.11 Å². The molecule has 1 N–H and O–H groups in total. The summed E-state index contributed by atoms with van der Waals surface area (Å²) in [7, 11) is 0. The van der Waals surface area contributed by atoms with Crippen molar-refractivity contribution < 1.29 is 4.79 Å². The van der Waals surface area contributed by atoms with Crippen molar-refractivity contribution >= 4 is 23.2 Å². The Bertz CT molecular complexity index is 244. The summed E-state index contributed by atoms with van der Waals surface area (Å²) in [6.07, 6.45) is 0. The van der Waals surface area contributed by atoms with E-state index in [0.29, 0.717) is 11.7 Å². The first kappa shape index (κ1) is 10.4. The molecule has 1 atom stereocenters. The zero-order valence-electron chi connectivity index (χ0n) is 8.55. The van der Waals surface area contributed by atoms with E-state index in [1.807, 2.05) is 27.7 Å². The molecule has 3 nitrogen and oxygen atoms in total. The number of hydrogen-bond acceptors (Lipinski definition) is 2. The van der Waals surface area contributed by atoms with Crippen LogP contribution < -0.4 is 5.32 Å². The van der Waals surface area contributed by atoms with E-state index in [1.54, 1.807) is 4.90 Å². The Morgan fingerprint density at radius 1 is 1.54 bits per heavy atom. The molecule has 0 aromatic heterocycles. The van der Waals surface area contributed by atoms with Gasteiger partial charge in [-0.2, -0.15) is 0 Å². The largest absolute Gasteiger partial charge is 0.361 e. The van der Waals surface area contributed by atoms with Gasteiger partial charge in [0.1, 0.15) is 0 Å². The third-order valence-electron chi connectivity index (χ3n) is 2.08. The number of amides is 1. The fraction of sp³-hybridized carbons (Fsp3) is 0.778. The van der Waals surface area contributed by atoms with Gasteiger partial charge in [0.2, 0.25) is 5.91 Å². The van der Waals surface area contributed by atoms with Crippen LogP contribution in [0.2, 0.25) is 0 Å². The Morgan fingerprint density at radius 3 is 2.46 bits per heavy atom. The molecule has 4 heteroatoms. The molecule has 1 unspecified atom stereocenters. The van der Waals surface area contributed by atoms with E-state index in [4.69, 9.17) is 12.2 Å². The van der Waals surface area contributed by atoms with Crippen LogP contribution in [0.3, 0.4) is 0 Å². The van der Waals surface area contributed by atoms with Crippen LogP contribution in [0, 0.1) is 5.92 Å². The van der Waals surface area contributed by atoms with Gasteiger partial charge in [0.05, 0.1) is 5.92 Å². The maximum absolute atomic E-state index is 11.8. The number of hydrogen-bond donors (Lipinski definition) is 1. The van der Waals surface area contributed by atoms with Gasteiger partial charge in [-0.25, -0.2) is 0 Å². The summed E-state index contributed by atoms with van der Waals surface area (Å²) in [5.74, 6) is 0.141. The molecule has 1 amide bonds. The van der Waals surface area contributed by atoms with E-state index in [-0.39, 0.29) is 17.4 Å². The maximum atomic E-state index is 11.8. The molecule has 1 fully saturated rings. The van der Waals surface area contributed by atoms with E-state index < -0.39 is 0 Å². The van der Waals surface area contributed by atoms with Gasteiger partial charge >= 0.3 is 0 Å². The Labute approximate surface area is 84.5 Å². The molecule has 74 valence electrons. The molecular weight excluding hydrogens is 184 g/mol. The minimum absolute atomic E-state index is 0.0194. The Hall–Kier alpha value is -0.640. The first-order valence-electron chi connectivity index (χ1n) is 4.46. The van der Waals surface area contributed by atoms with Crippen LogP contribution in [0.4, 0.5) is 0 Å². The quantitative estimate of drug-likeness (QED) is 0.595. The first-order chi connectivity index (χ1) is 5.84. The van der Waals surface area contributed by atoms with Gasteiger partial charge in [-0.05, 0) is 33.0 Å². The zero-order chi connectivity index (χ0) is 10.2. The molecule has 1 aliphatic heterocycles. The van der Waals surface area contributed by atoms with Crippen molar-refractivity contribution in [2.24, 2.45) is 5.92 Å². The highest BCUT2D eigenvalue weighted by Gasteiger charge is 2.36. The summed E-state index contributed by atoms with van der Waals surface area (Å²) in [5, 5.41) is 3.61. The Kier molecular flexibility index (Phi) is 2.61. The summed E-state index contributed by atoms with van der Waals surface area (Å²) in [6.45, 7) is 8.52. The predicted octanol–water partition coefficient (Wildman–Crippen LogP) is 1.14. The van der Waals surface area contributed by atoms with Crippen LogP contribution in [0.1, 0.15) is 27.7 Å². The minimum atomic E-state index is -0.226. The van der Waals surface area contributed by atoms with Crippen molar-refractivity contribution in [3.05, 3.63) is 0 Å². The molecule has 0 aliphatic carbocycles. The molecule has 0 aromatic carbocycles. The molecule has 0 radical (unpaired) electrons. The second-order valence-electron chi connectivity index (χ2n) is 4.43. The number of thiocarbonyl (C=S) groups is 1. The summed E-state index contributed by atoms with van der Waals surface area (Å²) in [5.41, 5.74) is -0.226. The number of carbonyl (C=O) groups excluding carboxylic acids is 1. The van der Waals surface area contributed by atoms with Crippen molar-refractivity contribution in [1.82, 2.24) is 10.2 Å². The molecule has 0 bridgehead atoms. The topological polar surface area (TPSA) is 32.3 Å². The molecular formula is C9H16N2OS. The molecule has 0 spiro atoms. The molecule has 1 rings (SSSR count). The second-order valence-corrected chi connectivity index (χ2v) is 4.82. The van der Waals surface area contributed by atoms with Crippen molar-refractivity contribution in [3.63, 3.8) is 0 Å². The molecule has 0 saturated carbocycles. The van der Waals surface area contributed by atoms with Crippen LogP contribution in [-0.2, 0) is 4.79 Å². The first-order valence-corrected chi connectivity index (χ1v) is 4.87. The van der Waals surface area contributed by atoms with Crippen molar-refractivity contribution in [2.75, 3.05) is 6.54 Å². The van der Waals surface area contributed by atoms with Crippen LogP contribution in [0.5, 0.6) is 0 Å². The van der Waals surface area contributed by atoms with Crippen molar-refractivity contribution in [1.29, 1.82) is 0 Å². The van der Waals surface area contributed by atoms with Gasteiger partial charge in [0.25, 0.3) is 0 Å². The number of nitrogens with zero attached hydrogens (tertiary/aromatic N) is 1. The van der Waals surface area contributed by atoms with Crippen LogP contribution in [-0.4, -0.2) is 28.0 Å². The van der Waals surface area contributed by atoms with Gasteiger partial charge in [0, 0.05) is 12.1 Å². The predicted molar refractivity (Wildman–Crippen MR) is 56.4 cm³/mol. The Balaban J connectivity index is 2.91. The van der Waals surface area contributed by atoms with E-state index >= 15 is 0 Å². The number of nitrogens with one attached hydrogen (secondary N) is 1. The summed E-state index contributed by atoms with van der Waals surface area (Å²) >= 11 is 5.10. The monoisotopic (exact) mass is 200 g/mol. The maximum Gasteiger partial charge on any atom is 0.233 e. The zero-order valence-corrected chi connectivity index (χ0v) is 9.36. The lowest BCUT2D eigenvalue weighted by Gasteiger charge is -2.41. The standard InChI is InChI=1S/C9H16N2OS/c1-6-5-10-8(13)11(7(6)12)9(2,3)4/h6H,5H2,1-4H3,(H,10,13). The minimum Gasteiger partial charge on any atom is -0.361 e. The van der Waals surface area contributed by atoms with Crippen LogP contribution in [0.15, 0.2) is 0 Å². The highest BCUT2D eigenvalue weighted by Crippen LogP contribution is 2.19.